The van der Waals surface area contributed by atoms with Gasteiger partial charge in [0.15, 0.2) is 0 Å². The molecule has 0 saturated carbocycles. The molecule has 0 saturated heterocycles. The molecule has 5 nitrogen and oxygen atoms in total. The molecule has 0 aliphatic carbocycles. The number of likely N-dealkylation sites (N-methyl/N-ethyl adjacent to an activating group) is 1. The molecule has 1 rings (SSSR count). The van der Waals surface area contributed by atoms with E-state index in [0.29, 0.717) is 13.2 Å². The highest BCUT2D eigenvalue weighted by atomic mass is 16.5. The number of hydrogen-bond acceptors (Lipinski definition) is 5. The predicted molar refractivity (Wildman–Crippen MR) is 74.9 cm³/mol. The van der Waals surface area contributed by atoms with Gasteiger partial charge in [0.05, 0.1) is 6.61 Å². The van der Waals surface area contributed by atoms with Crippen LogP contribution in [-0.4, -0.2) is 49.6 Å². The van der Waals surface area contributed by atoms with Crippen LogP contribution in [0.2, 0.25) is 0 Å². The number of nitrogens with zero attached hydrogens (tertiary/aromatic N) is 2. The highest BCUT2D eigenvalue weighted by molar-refractivity contribution is 5.77. The molecule has 1 heterocycles. The first-order chi connectivity index (χ1) is 9.04. The molecule has 0 bridgehead atoms. The SMILES string of the molecule is CCOC(=O)C(NCCN(C)C)c1ccc(C)nc1. The monoisotopic (exact) mass is 265 g/mol. The number of aryl methyl sites for hydroxylation is 1. The molecule has 0 aliphatic rings. The van der Waals surface area contributed by atoms with Crippen LogP contribution in [-0.2, 0) is 9.53 Å². The standard InChI is InChI=1S/C14H23N3O2/c1-5-19-14(18)13(15-8-9-17(3)4)12-7-6-11(2)16-10-12/h6-7,10,13,15H,5,8-9H2,1-4H3. The number of hydrogen-bond donors (Lipinski definition) is 1. The van der Waals surface area contributed by atoms with Crippen LogP contribution in [0.3, 0.4) is 0 Å². The second-order valence-electron chi connectivity index (χ2n) is 4.68. The topological polar surface area (TPSA) is 54.5 Å². The summed E-state index contributed by atoms with van der Waals surface area (Å²) in [5.74, 6) is -0.257. The number of rotatable bonds is 7. The van der Waals surface area contributed by atoms with Gasteiger partial charge in [-0.25, -0.2) is 4.79 Å². The molecule has 5 heteroatoms. The van der Waals surface area contributed by atoms with Gasteiger partial charge < -0.3 is 9.64 Å². The number of nitrogens with one attached hydrogen (secondary N) is 1. The second kappa shape index (κ2) is 7.86. The lowest BCUT2D eigenvalue weighted by atomic mass is 10.1. The maximum absolute atomic E-state index is 12.0. The number of carbonyl (C=O) groups excluding carboxylic acids is 1. The fourth-order valence-corrected chi connectivity index (χ4v) is 1.65. The summed E-state index contributed by atoms with van der Waals surface area (Å²) in [5, 5.41) is 3.22. The minimum atomic E-state index is -0.451. The number of ether oxygens (including phenoxy) is 1. The number of aromatic nitrogens is 1. The van der Waals surface area contributed by atoms with Crippen molar-refractivity contribution in [1.29, 1.82) is 0 Å². The molecule has 1 aromatic rings. The molecule has 0 fully saturated rings. The van der Waals surface area contributed by atoms with Gasteiger partial charge in [-0.1, -0.05) is 6.07 Å². The Balaban J connectivity index is 2.73. The Hall–Kier alpha value is -1.46. The van der Waals surface area contributed by atoms with E-state index in [1.807, 2.05) is 40.1 Å². The van der Waals surface area contributed by atoms with Crippen molar-refractivity contribution in [2.24, 2.45) is 0 Å². The molecule has 19 heavy (non-hydrogen) atoms. The zero-order chi connectivity index (χ0) is 14.3. The van der Waals surface area contributed by atoms with Crippen LogP contribution in [0.5, 0.6) is 0 Å². The summed E-state index contributed by atoms with van der Waals surface area (Å²) in [4.78, 5) is 18.3. The Labute approximate surface area is 115 Å². The Morgan fingerprint density at radius 2 is 2.21 bits per heavy atom. The van der Waals surface area contributed by atoms with Crippen molar-refractivity contribution in [2.75, 3.05) is 33.8 Å². The van der Waals surface area contributed by atoms with Gasteiger partial charge in [-0.05, 0) is 39.6 Å². The van der Waals surface area contributed by atoms with E-state index in [-0.39, 0.29) is 5.97 Å². The normalized spacial score (nSPS) is 12.5. The molecule has 1 aromatic heterocycles. The summed E-state index contributed by atoms with van der Waals surface area (Å²) < 4.78 is 5.10. The van der Waals surface area contributed by atoms with Crippen molar-refractivity contribution in [3.63, 3.8) is 0 Å². The molecule has 106 valence electrons. The van der Waals surface area contributed by atoms with E-state index < -0.39 is 6.04 Å². The summed E-state index contributed by atoms with van der Waals surface area (Å²) in [5.41, 5.74) is 1.77. The number of carbonyl (C=O) groups is 1. The predicted octanol–water partition coefficient (Wildman–Crippen LogP) is 1.15. The summed E-state index contributed by atoms with van der Waals surface area (Å²) in [6.45, 7) is 5.67. The van der Waals surface area contributed by atoms with Crippen LogP contribution in [0.4, 0.5) is 0 Å². The third-order valence-electron chi connectivity index (χ3n) is 2.70. The van der Waals surface area contributed by atoms with Gasteiger partial charge in [0.2, 0.25) is 0 Å². The Morgan fingerprint density at radius 1 is 1.47 bits per heavy atom. The average Bonchev–Trinajstić information content (AvgIpc) is 2.36. The Kier molecular flexibility index (Phi) is 6.45. The van der Waals surface area contributed by atoms with Gasteiger partial charge in [0, 0.05) is 25.0 Å². The lowest BCUT2D eigenvalue weighted by Crippen LogP contribution is -2.35. The molecule has 1 unspecified atom stereocenters. The van der Waals surface area contributed by atoms with Crippen LogP contribution in [0.15, 0.2) is 18.3 Å². The van der Waals surface area contributed by atoms with Gasteiger partial charge in [0.25, 0.3) is 0 Å². The summed E-state index contributed by atoms with van der Waals surface area (Å²) in [6.07, 6.45) is 1.72. The van der Waals surface area contributed by atoms with Crippen molar-refractivity contribution >= 4 is 5.97 Å². The van der Waals surface area contributed by atoms with Crippen molar-refractivity contribution in [3.8, 4) is 0 Å². The lowest BCUT2D eigenvalue weighted by molar-refractivity contribution is -0.145. The van der Waals surface area contributed by atoms with Gasteiger partial charge >= 0.3 is 5.97 Å². The summed E-state index contributed by atoms with van der Waals surface area (Å²) in [6, 6.07) is 3.36. The van der Waals surface area contributed by atoms with E-state index in [4.69, 9.17) is 4.74 Å². The average molecular weight is 265 g/mol. The fourth-order valence-electron chi connectivity index (χ4n) is 1.65. The van der Waals surface area contributed by atoms with Crippen molar-refractivity contribution in [3.05, 3.63) is 29.6 Å². The maximum atomic E-state index is 12.0. The molecular formula is C14H23N3O2. The van der Waals surface area contributed by atoms with Crippen LogP contribution >= 0.6 is 0 Å². The maximum Gasteiger partial charge on any atom is 0.327 e. The first kappa shape index (κ1) is 15.6. The van der Waals surface area contributed by atoms with Gasteiger partial charge in [-0.15, -0.1) is 0 Å². The quantitative estimate of drug-likeness (QED) is 0.749. The molecule has 1 atom stereocenters. The molecular weight excluding hydrogens is 242 g/mol. The van der Waals surface area contributed by atoms with Crippen LogP contribution in [0.1, 0.15) is 24.2 Å². The minimum absolute atomic E-state index is 0.257. The van der Waals surface area contributed by atoms with E-state index in [9.17, 15) is 4.79 Å². The highest BCUT2D eigenvalue weighted by Crippen LogP contribution is 2.14. The summed E-state index contributed by atoms with van der Waals surface area (Å²) >= 11 is 0. The largest absolute Gasteiger partial charge is 0.465 e. The minimum Gasteiger partial charge on any atom is -0.465 e. The summed E-state index contributed by atoms with van der Waals surface area (Å²) in [7, 11) is 3.99. The van der Waals surface area contributed by atoms with Crippen LogP contribution in [0.25, 0.3) is 0 Å². The van der Waals surface area contributed by atoms with Gasteiger partial charge in [0.1, 0.15) is 6.04 Å². The molecule has 0 aromatic carbocycles. The Bertz CT molecular complexity index is 390. The first-order valence-corrected chi connectivity index (χ1v) is 6.52. The number of pyridine rings is 1. The van der Waals surface area contributed by atoms with Crippen molar-refractivity contribution in [2.45, 2.75) is 19.9 Å². The van der Waals surface area contributed by atoms with Crippen molar-refractivity contribution < 1.29 is 9.53 Å². The molecule has 0 spiro atoms. The van der Waals surface area contributed by atoms with E-state index in [0.717, 1.165) is 17.8 Å². The lowest BCUT2D eigenvalue weighted by Gasteiger charge is -2.19. The van der Waals surface area contributed by atoms with Crippen molar-refractivity contribution in [1.82, 2.24) is 15.2 Å². The molecule has 1 N–H and O–H groups in total. The zero-order valence-corrected chi connectivity index (χ0v) is 12.1. The van der Waals surface area contributed by atoms with E-state index >= 15 is 0 Å². The number of esters is 1. The van der Waals surface area contributed by atoms with Crippen LogP contribution < -0.4 is 5.32 Å². The molecule has 0 radical (unpaired) electrons. The third-order valence-corrected chi connectivity index (χ3v) is 2.70. The zero-order valence-electron chi connectivity index (χ0n) is 12.1. The first-order valence-electron chi connectivity index (χ1n) is 6.52. The van der Waals surface area contributed by atoms with E-state index in [1.54, 1.807) is 6.20 Å². The van der Waals surface area contributed by atoms with E-state index in [2.05, 4.69) is 15.2 Å². The third kappa shape index (κ3) is 5.36. The van der Waals surface area contributed by atoms with Gasteiger partial charge in [-0.3, -0.25) is 10.3 Å². The second-order valence-corrected chi connectivity index (χ2v) is 4.68. The fraction of sp³-hybridized carbons (Fsp3) is 0.571. The highest BCUT2D eigenvalue weighted by Gasteiger charge is 2.21. The van der Waals surface area contributed by atoms with E-state index in [1.165, 1.54) is 0 Å². The Morgan fingerprint density at radius 3 is 2.74 bits per heavy atom. The molecule has 0 aliphatic heterocycles. The smallest absolute Gasteiger partial charge is 0.327 e. The molecule has 0 amide bonds. The van der Waals surface area contributed by atoms with Gasteiger partial charge in [-0.2, -0.15) is 0 Å². The van der Waals surface area contributed by atoms with Crippen LogP contribution in [0, 0.1) is 6.92 Å².